The van der Waals surface area contributed by atoms with Gasteiger partial charge in [-0.1, -0.05) is 34.1 Å². The van der Waals surface area contributed by atoms with E-state index in [0.29, 0.717) is 11.3 Å². The molecule has 0 aliphatic heterocycles. The van der Waals surface area contributed by atoms with Crippen LogP contribution in [0.3, 0.4) is 0 Å². The number of hydrogen-bond donors (Lipinski definition) is 0. The van der Waals surface area contributed by atoms with Crippen molar-refractivity contribution in [1.29, 1.82) is 0 Å². The Morgan fingerprint density at radius 2 is 1.78 bits per heavy atom. The molecule has 138 valence electrons. The molecule has 0 bridgehead atoms. The van der Waals surface area contributed by atoms with E-state index in [4.69, 9.17) is 9.47 Å². The SMILES string of the molecule is COc1ccc(N=Cc2cc(Br)cc(Br)c2OCc2ccccc2F)cc1. The summed E-state index contributed by atoms with van der Waals surface area (Å²) in [5, 5.41) is 0. The zero-order valence-corrected chi connectivity index (χ0v) is 17.6. The fraction of sp³-hybridized carbons (Fsp3) is 0.0952. The van der Waals surface area contributed by atoms with E-state index in [1.54, 1.807) is 31.5 Å². The number of ether oxygens (including phenoxy) is 2. The summed E-state index contributed by atoms with van der Waals surface area (Å²) in [7, 11) is 1.62. The summed E-state index contributed by atoms with van der Waals surface area (Å²) >= 11 is 6.98. The molecule has 27 heavy (non-hydrogen) atoms. The van der Waals surface area contributed by atoms with Crippen LogP contribution in [-0.4, -0.2) is 13.3 Å². The number of rotatable bonds is 6. The molecule has 0 heterocycles. The van der Waals surface area contributed by atoms with E-state index in [1.165, 1.54) is 6.07 Å². The first-order valence-electron chi connectivity index (χ1n) is 8.10. The standard InChI is InChI=1S/C21H16Br2FNO2/c1-26-18-8-6-17(7-9-18)25-12-15-10-16(22)11-19(23)21(15)27-13-14-4-2-3-5-20(14)24/h2-12H,13H2,1H3. The maximum atomic E-state index is 13.9. The zero-order chi connectivity index (χ0) is 19.2. The van der Waals surface area contributed by atoms with Crippen LogP contribution in [0, 0.1) is 5.82 Å². The molecule has 0 aliphatic carbocycles. The first-order valence-corrected chi connectivity index (χ1v) is 9.69. The van der Waals surface area contributed by atoms with Gasteiger partial charge in [0.1, 0.15) is 23.9 Å². The van der Waals surface area contributed by atoms with Crippen LogP contribution in [0.15, 0.2) is 74.6 Å². The average molecular weight is 493 g/mol. The third-order valence-corrected chi connectivity index (χ3v) is 4.84. The summed E-state index contributed by atoms with van der Waals surface area (Å²) in [6, 6.07) is 17.7. The quantitative estimate of drug-likeness (QED) is 0.359. The summed E-state index contributed by atoms with van der Waals surface area (Å²) < 4.78 is 26.5. The highest BCUT2D eigenvalue weighted by Gasteiger charge is 2.11. The van der Waals surface area contributed by atoms with Gasteiger partial charge in [0.15, 0.2) is 0 Å². The maximum Gasteiger partial charge on any atom is 0.142 e. The average Bonchev–Trinajstić information content (AvgIpc) is 2.67. The molecule has 3 aromatic carbocycles. The fourth-order valence-corrected chi connectivity index (χ4v) is 3.78. The lowest BCUT2D eigenvalue weighted by Gasteiger charge is -2.12. The van der Waals surface area contributed by atoms with Gasteiger partial charge in [0, 0.05) is 21.8 Å². The molecule has 0 N–H and O–H groups in total. The van der Waals surface area contributed by atoms with Crippen molar-refractivity contribution in [1.82, 2.24) is 0 Å². The third-order valence-electron chi connectivity index (χ3n) is 3.79. The molecule has 6 heteroatoms. The van der Waals surface area contributed by atoms with Gasteiger partial charge in [-0.05, 0) is 58.4 Å². The summed E-state index contributed by atoms with van der Waals surface area (Å²) in [6.07, 6.45) is 1.72. The number of benzene rings is 3. The maximum absolute atomic E-state index is 13.9. The monoisotopic (exact) mass is 491 g/mol. The molecule has 0 amide bonds. The predicted molar refractivity (Wildman–Crippen MR) is 113 cm³/mol. The minimum atomic E-state index is -0.292. The van der Waals surface area contributed by atoms with Crippen LogP contribution < -0.4 is 9.47 Å². The van der Waals surface area contributed by atoms with Crippen molar-refractivity contribution in [2.75, 3.05) is 7.11 Å². The van der Waals surface area contributed by atoms with Crippen molar-refractivity contribution in [2.45, 2.75) is 6.61 Å². The highest BCUT2D eigenvalue weighted by molar-refractivity contribution is 9.11. The van der Waals surface area contributed by atoms with Gasteiger partial charge in [-0.3, -0.25) is 4.99 Å². The van der Waals surface area contributed by atoms with Crippen LogP contribution >= 0.6 is 31.9 Å². The highest BCUT2D eigenvalue weighted by Crippen LogP contribution is 2.33. The molecule has 0 saturated carbocycles. The van der Waals surface area contributed by atoms with Gasteiger partial charge in [-0.2, -0.15) is 0 Å². The molecule has 0 spiro atoms. The number of nitrogens with zero attached hydrogens (tertiary/aromatic N) is 1. The second-order valence-corrected chi connectivity index (χ2v) is 7.41. The van der Waals surface area contributed by atoms with Crippen molar-refractivity contribution in [3.05, 3.63) is 86.6 Å². The first-order chi connectivity index (χ1) is 13.1. The van der Waals surface area contributed by atoms with Crippen molar-refractivity contribution < 1.29 is 13.9 Å². The highest BCUT2D eigenvalue weighted by atomic mass is 79.9. The minimum absolute atomic E-state index is 0.121. The largest absolute Gasteiger partial charge is 0.497 e. The summed E-state index contributed by atoms with van der Waals surface area (Å²) in [5.41, 5.74) is 2.04. The van der Waals surface area contributed by atoms with Gasteiger partial charge in [0.2, 0.25) is 0 Å². The second kappa shape index (κ2) is 9.15. The minimum Gasteiger partial charge on any atom is -0.497 e. The Balaban J connectivity index is 1.85. The van der Waals surface area contributed by atoms with E-state index in [9.17, 15) is 4.39 Å². The van der Waals surface area contributed by atoms with E-state index < -0.39 is 0 Å². The van der Waals surface area contributed by atoms with Crippen LogP contribution in [0.4, 0.5) is 10.1 Å². The Kier molecular flexibility index (Phi) is 6.63. The summed E-state index contributed by atoms with van der Waals surface area (Å²) in [6.45, 7) is 0.121. The van der Waals surface area contributed by atoms with Crippen molar-refractivity contribution in [3.63, 3.8) is 0 Å². The van der Waals surface area contributed by atoms with E-state index in [0.717, 1.165) is 25.9 Å². The van der Waals surface area contributed by atoms with E-state index in [2.05, 4.69) is 36.9 Å². The van der Waals surface area contributed by atoms with Crippen molar-refractivity contribution >= 4 is 43.8 Å². The lowest BCUT2D eigenvalue weighted by Crippen LogP contribution is -2.01. The smallest absolute Gasteiger partial charge is 0.142 e. The van der Waals surface area contributed by atoms with Crippen LogP contribution in [0.1, 0.15) is 11.1 Å². The number of methoxy groups -OCH3 is 1. The number of halogens is 3. The molecule has 0 radical (unpaired) electrons. The Bertz CT molecular complexity index is 959. The molecule has 3 nitrogen and oxygen atoms in total. The van der Waals surface area contributed by atoms with Gasteiger partial charge in [0.05, 0.1) is 17.3 Å². The van der Waals surface area contributed by atoms with E-state index in [1.807, 2.05) is 36.4 Å². The summed E-state index contributed by atoms with van der Waals surface area (Å²) in [5.74, 6) is 1.07. The Morgan fingerprint density at radius 1 is 1.04 bits per heavy atom. The Morgan fingerprint density at radius 3 is 2.48 bits per heavy atom. The first kappa shape index (κ1) is 19.6. The molecule has 0 aliphatic rings. The third kappa shape index (κ3) is 5.17. The molecule has 0 saturated heterocycles. The molecule has 0 aromatic heterocycles. The number of aliphatic imine (C=N–C) groups is 1. The molecular weight excluding hydrogens is 477 g/mol. The molecular formula is C21H16Br2FNO2. The van der Waals surface area contributed by atoms with Crippen molar-refractivity contribution in [2.24, 2.45) is 4.99 Å². The molecule has 0 fully saturated rings. The molecule has 3 rings (SSSR count). The Hall–Kier alpha value is -2.18. The van der Waals surface area contributed by atoms with Gasteiger partial charge < -0.3 is 9.47 Å². The van der Waals surface area contributed by atoms with Gasteiger partial charge in [0.25, 0.3) is 0 Å². The van der Waals surface area contributed by atoms with Crippen molar-refractivity contribution in [3.8, 4) is 11.5 Å². The fourth-order valence-electron chi connectivity index (χ4n) is 2.41. The van der Waals surface area contributed by atoms with Crippen LogP contribution in [0.2, 0.25) is 0 Å². The van der Waals surface area contributed by atoms with Gasteiger partial charge in [-0.15, -0.1) is 0 Å². The lowest BCUT2D eigenvalue weighted by atomic mass is 10.2. The Labute approximate surface area is 174 Å². The molecule has 0 unspecified atom stereocenters. The second-order valence-electron chi connectivity index (χ2n) is 5.64. The lowest BCUT2D eigenvalue weighted by molar-refractivity contribution is 0.297. The van der Waals surface area contributed by atoms with Gasteiger partial charge >= 0.3 is 0 Å². The molecule has 0 atom stereocenters. The molecule has 3 aromatic rings. The number of hydrogen-bond acceptors (Lipinski definition) is 3. The van der Waals surface area contributed by atoms with Crippen LogP contribution in [0.5, 0.6) is 11.5 Å². The normalized spacial score (nSPS) is 11.0. The predicted octanol–water partition coefficient (Wildman–Crippen LogP) is 6.69. The summed E-state index contributed by atoms with van der Waals surface area (Å²) in [4.78, 5) is 4.49. The zero-order valence-electron chi connectivity index (χ0n) is 14.5. The van der Waals surface area contributed by atoms with Crippen LogP contribution in [0.25, 0.3) is 0 Å². The van der Waals surface area contributed by atoms with Crippen LogP contribution in [-0.2, 0) is 6.61 Å². The van der Waals surface area contributed by atoms with Gasteiger partial charge in [-0.25, -0.2) is 4.39 Å². The topological polar surface area (TPSA) is 30.8 Å². The van der Waals surface area contributed by atoms with E-state index in [-0.39, 0.29) is 12.4 Å². The van der Waals surface area contributed by atoms with E-state index >= 15 is 0 Å².